The molecular weight excluding hydrogens is 373 g/mol. The van der Waals surface area contributed by atoms with Gasteiger partial charge < -0.3 is 9.80 Å². The molecule has 0 N–H and O–H groups in total. The van der Waals surface area contributed by atoms with Crippen molar-refractivity contribution in [3.05, 3.63) is 53.1 Å². The summed E-state index contributed by atoms with van der Waals surface area (Å²) in [6.07, 6.45) is 3.22. The summed E-state index contributed by atoms with van der Waals surface area (Å²) >= 11 is 3.51. The van der Waals surface area contributed by atoms with Crippen LogP contribution >= 0.6 is 15.9 Å². The van der Waals surface area contributed by atoms with E-state index >= 15 is 0 Å². The summed E-state index contributed by atoms with van der Waals surface area (Å²) in [5.74, 6) is 1.07. The van der Waals surface area contributed by atoms with Crippen LogP contribution in [0.4, 0.5) is 16.0 Å². The summed E-state index contributed by atoms with van der Waals surface area (Å²) in [6, 6.07) is 9.05. The third-order valence-corrected chi connectivity index (χ3v) is 4.69. The smallest absolute Gasteiger partial charge is 0.165 e. The first-order chi connectivity index (χ1) is 11.7. The van der Waals surface area contributed by atoms with Crippen LogP contribution < -0.4 is 9.80 Å². The summed E-state index contributed by atoms with van der Waals surface area (Å²) in [5, 5.41) is 1.02. The Morgan fingerprint density at radius 3 is 2.42 bits per heavy atom. The van der Waals surface area contributed by atoms with Gasteiger partial charge in [0.25, 0.3) is 0 Å². The summed E-state index contributed by atoms with van der Waals surface area (Å²) in [6.45, 7) is 2.92. The number of anilines is 2. The van der Waals surface area contributed by atoms with Gasteiger partial charge in [-0.05, 0) is 30.3 Å². The summed E-state index contributed by atoms with van der Waals surface area (Å²) in [7, 11) is 0. The normalized spacial score (nSPS) is 15.1. The monoisotopic (exact) mass is 387 g/mol. The molecule has 1 fully saturated rings. The molecule has 0 amide bonds. The van der Waals surface area contributed by atoms with Crippen LogP contribution in [0.25, 0.3) is 10.9 Å². The molecule has 0 atom stereocenters. The minimum Gasteiger partial charge on any atom is -0.352 e. The van der Waals surface area contributed by atoms with Crippen molar-refractivity contribution in [2.45, 2.75) is 0 Å². The lowest BCUT2D eigenvalue weighted by Crippen LogP contribution is -2.47. The van der Waals surface area contributed by atoms with Gasteiger partial charge in [-0.25, -0.2) is 19.3 Å². The van der Waals surface area contributed by atoms with Gasteiger partial charge in [0, 0.05) is 42.2 Å². The number of fused-ring (bicyclic) bond motifs is 1. The zero-order valence-electron chi connectivity index (χ0n) is 12.9. The van der Waals surface area contributed by atoms with Crippen molar-refractivity contribution in [2.75, 3.05) is 36.0 Å². The Labute approximate surface area is 147 Å². The molecule has 0 unspecified atom stereocenters. The molecule has 5 nitrogen and oxygen atoms in total. The standard InChI is InChI=1S/C17H15BrFN5/c18-12-3-4-15-13(10-12)16(22-11-21-15)23-6-8-24(9-7-23)17-14(19)2-1-5-20-17/h1-5,10-11H,6-9H2. The van der Waals surface area contributed by atoms with E-state index in [1.165, 1.54) is 6.07 Å². The second-order valence-electron chi connectivity index (χ2n) is 5.64. The predicted molar refractivity (Wildman–Crippen MR) is 95.9 cm³/mol. The van der Waals surface area contributed by atoms with Crippen LogP contribution in [0.3, 0.4) is 0 Å². The predicted octanol–water partition coefficient (Wildman–Crippen LogP) is 3.25. The second-order valence-corrected chi connectivity index (χ2v) is 6.56. The minimum absolute atomic E-state index is 0.276. The van der Waals surface area contributed by atoms with E-state index in [0.29, 0.717) is 18.9 Å². The SMILES string of the molecule is Fc1cccnc1N1CCN(c2ncnc3ccc(Br)cc23)CC1. The highest BCUT2D eigenvalue weighted by molar-refractivity contribution is 9.10. The Bertz CT molecular complexity index is 880. The molecule has 0 spiro atoms. The summed E-state index contributed by atoms with van der Waals surface area (Å²) in [5.41, 5.74) is 0.918. The second kappa shape index (κ2) is 6.32. The van der Waals surface area contributed by atoms with E-state index in [1.54, 1.807) is 18.6 Å². The highest BCUT2D eigenvalue weighted by Gasteiger charge is 2.22. The molecule has 0 aliphatic carbocycles. The Morgan fingerprint density at radius 1 is 0.917 bits per heavy atom. The van der Waals surface area contributed by atoms with E-state index in [9.17, 15) is 4.39 Å². The van der Waals surface area contributed by atoms with Crippen molar-refractivity contribution >= 4 is 38.5 Å². The first-order valence-corrected chi connectivity index (χ1v) is 8.52. The number of nitrogens with zero attached hydrogens (tertiary/aromatic N) is 5. The van der Waals surface area contributed by atoms with Crippen LogP contribution in [0.2, 0.25) is 0 Å². The minimum atomic E-state index is -0.276. The van der Waals surface area contributed by atoms with E-state index in [1.807, 2.05) is 23.1 Å². The molecule has 3 heterocycles. The summed E-state index contributed by atoms with van der Waals surface area (Å²) in [4.78, 5) is 17.2. The van der Waals surface area contributed by atoms with Gasteiger partial charge in [0.2, 0.25) is 0 Å². The summed E-state index contributed by atoms with van der Waals surface area (Å²) < 4.78 is 14.9. The first kappa shape index (κ1) is 15.3. The molecule has 0 bridgehead atoms. The average molecular weight is 388 g/mol. The molecular formula is C17H15BrFN5. The van der Waals surface area contributed by atoms with E-state index in [-0.39, 0.29) is 5.82 Å². The van der Waals surface area contributed by atoms with Crippen LogP contribution in [-0.4, -0.2) is 41.1 Å². The average Bonchev–Trinajstić information content (AvgIpc) is 2.62. The van der Waals surface area contributed by atoms with Crippen LogP contribution in [-0.2, 0) is 0 Å². The van der Waals surface area contributed by atoms with Gasteiger partial charge in [0.1, 0.15) is 12.1 Å². The molecule has 4 rings (SSSR count). The van der Waals surface area contributed by atoms with Crippen LogP contribution in [0.1, 0.15) is 0 Å². The Balaban J connectivity index is 1.58. The fourth-order valence-electron chi connectivity index (χ4n) is 3.01. The van der Waals surface area contributed by atoms with Crippen molar-refractivity contribution in [1.82, 2.24) is 15.0 Å². The van der Waals surface area contributed by atoms with Crippen molar-refractivity contribution in [3.63, 3.8) is 0 Å². The molecule has 1 saturated heterocycles. The molecule has 1 aromatic carbocycles. The maximum absolute atomic E-state index is 13.9. The van der Waals surface area contributed by atoms with Gasteiger partial charge in [0.05, 0.1) is 5.52 Å². The topological polar surface area (TPSA) is 45.2 Å². The molecule has 0 saturated carbocycles. The maximum Gasteiger partial charge on any atom is 0.165 e. The molecule has 3 aromatic rings. The van der Waals surface area contributed by atoms with E-state index in [0.717, 1.165) is 34.3 Å². The Kier molecular flexibility index (Phi) is 4.02. The number of hydrogen-bond acceptors (Lipinski definition) is 5. The number of aromatic nitrogens is 3. The largest absolute Gasteiger partial charge is 0.352 e. The zero-order valence-corrected chi connectivity index (χ0v) is 14.4. The quantitative estimate of drug-likeness (QED) is 0.675. The van der Waals surface area contributed by atoms with Gasteiger partial charge in [-0.1, -0.05) is 15.9 Å². The lowest BCUT2D eigenvalue weighted by Gasteiger charge is -2.36. The van der Waals surface area contributed by atoms with E-state index in [2.05, 4.69) is 35.8 Å². The fraction of sp³-hybridized carbons (Fsp3) is 0.235. The lowest BCUT2D eigenvalue weighted by molar-refractivity contribution is 0.587. The number of hydrogen-bond donors (Lipinski definition) is 0. The number of benzene rings is 1. The molecule has 1 aliphatic heterocycles. The van der Waals surface area contributed by atoms with E-state index in [4.69, 9.17) is 0 Å². The van der Waals surface area contributed by atoms with Gasteiger partial charge >= 0.3 is 0 Å². The lowest BCUT2D eigenvalue weighted by atomic mass is 10.2. The maximum atomic E-state index is 13.9. The number of piperazine rings is 1. The molecule has 122 valence electrons. The molecule has 7 heteroatoms. The fourth-order valence-corrected chi connectivity index (χ4v) is 3.37. The van der Waals surface area contributed by atoms with Gasteiger partial charge in [-0.15, -0.1) is 0 Å². The molecule has 0 radical (unpaired) electrons. The van der Waals surface area contributed by atoms with Crippen molar-refractivity contribution in [2.24, 2.45) is 0 Å². The number of rotatable bonds is 2. The van der Waals surface area contributed by atoms with Crippen molar-refractivity contribution in [3.8, 4) is 0 Å². The van der Waals surface area contributed by atoms with Gasteiger partial charge in [-0.3, -0.25) is 0 Å². The Morgan fingerprint density at radius 2 is 1.67 bits per heavy atom. The van der Waals surface area contributed by atoms with Crippen LogP contribution in [0, 0.1) is 5.82 Å². The van der Waals surface area contributed by atoms with Gasteiger partial charge in [0.15, 0.2) is 11.6 Å². The third kappa shape index (κ3) is 2.80. The molecule has 2 aromatic heterocycles. The van der Waals surface area contributed by atoms with E-state index < -0.39 is 0 Å². The highest BCUT2D eigenvalue weighted by atomic mass is 79.9. The van der Waals surface area contributed by atoms with Crippen molar-refractivity contribution < 1.29 is 4.39 Å². The highest BCUT2D eigenvalue weighted by Crippen LogP contribution is 2.27. The van der Waals surface area contributed by atoms with Gasteiger partial charge in [-0.2, -0.15) is 0 Å². The number of halogens is 2. The number of pyridine rings is 1. The molecule has 24 heavy (non-hydrogen) atoms. The zero-order chi connectivity index (χ0) is 16.5. The first-order valence-electron chi connectivity index (χ1n) is 7.73. The molecule has 1 aliphatic rings. The third-order valence-electron chi connectivity index (χ3n) is 4.19. The Hall–Kier alpha value is -2.28. The van der Waals surface area contributed by atoms with Crippen LogP contribution in [0.5, 0.6) is 0 Å². The van der Waals surface area contributed by atoms with Crippen molar-refractivity contribution in [1.29, 1.82) is 0 Å². The van der Waals surface area contributed by atoms with Crippen LogP contribution in [0.15, 0.2) is 47.3 Å².